The number of halogens is 1. The van der Waals surface area contributed by atoms with E-state index in [1.165, 1.54) is 24.5 Å². The van der Waals surface area contributed by atoms with E-state index in [-0.39, 0.29) is 17.7 Å². The molecule has 0 aliphatic heterocycles. The number of anilines is 4. The Morgan fingerprint density at radius 1 is 1.07 bits per heavy atom. The van der Waals surface area contributed by atoms with Crippen LogP contribution in [0.3, 0.4) is 0 Å². The molecule has 1 heterocycles. The van der Waals surface area contributed by atoms with E-state index in [1.54, 1.807) is 12.1 Å². The fraction of sp³-hybridized carbons (Fsp3) is 0.227. The van der Waals surface area contributed by atoms with Crippen LogP contribution in [0.5, 0.6) is 0 Å². The van der Waals surface area contributed by atoms with Crippen molar-refractivity contribution in [3.05, 3.63) is 71.8 Å². The van der Waals surface area contributed by atoms with Gasteiger partial charge in [-0.05, 0) is 62.7 Å². The smallest absolute Gasteiger partial charge is 0.258 e. The van der Waals surface area contributed by atoms with E-state index in [2.05, 4.69) is 45.4 Å². The van der Waals surface area contributed by atoms with E-state index < -0.39 is 0 Å². The zero-order valence-corrected chi connectivity index (χ0v) is 16.7. The molecule has 6 nitrogen and oxygen atoms in total. The summed E-state index contributed by atoms with van der Waals surface area (Å²) in [4.78, 5) is 23.1. The molecule has 7 heteroatoms. The van der Waals surface area contributed by atoms with Gasteiger partial charge in [0.05, 0.1) is 5.56 Å². The largest absolute Gasteiger partial charge is 0.372 e. The maximum absolute atomic E-state index is 13.3. The van der Waals surface area contributed by atoms with Crippen LogP contribution in [0.2, 0.25) is 0 Å². The van der Waals surface area contributed by atoms with Crippen molar-refractivity contribution in [1.82, 2.24) is 9.97 Å². The average molecular weight is 393 g/mol. The third kappa shape index (κ3) is 5.07. The standard InChI is InChI=1S/C22H24FN5O/c1-4-28(5-2)19-9-10-20(15(3)11-19)27-21(29)16-13-24-22(25-14-16)26-18-8-6-7-17(23)12-18/h6-14H,4-5H2,1-3H3,(H,27,29)(H,24,25,26). The molecule has 0 atom stereocenters. The lowest BCUT2D eigenvalue weighted by molar-refractivity contribution is 0.102. The highest BCUT2D eigenvalue weighted by atomic mass is 19.1. The number of amides is 1. The monoisotopic (exact) mass is 393 g/mol. The van der Waals surface area contributed by atoms with Crippen molar-refractivity contribution < 1.29 is 9.18 Å². The number of hydrogen-bond acceptors (Lipinski definition) is 5. The van der Waals surface area contributed by atoms with Crippen LogP contribution < -0.4 is 15.5 Å². The quantitative estimate of drug-likeness (QED) is 0.605. The van der Waals surface area contributed by atoms with Crippen LogP contribution in [-0.4, -0.2) is 29.0 Å². The van der Waals surface area contributed by atoms with Crippen LogP contribution in [0.4, 0.5) is 27.4 Å². The van der Waals surface area contributed by atoms with Crippen molar-refractivity contribution in [3.63, 3.8) is 0 Å². The first kappa shape index (κ1) is 20.3. The second kappa shape index (κ2) is 9.14. The minimum Gasteiger partial charge on any atom is -0.372 e. The molecule has 2 N–H and O–H groups in total. The molecule has 1 aromatic heterocycles. The molecule has 0 bridgehead atoms. The lowest BCUT2D eigenvalue weighted by atomic mass is 10.1. The number of benzene rings is 2. The molecule has 0 radical (unpaired) electrons. The SMILES string of the molecule is CCN(CC)c1ccc(NC(=O)c2cnc(Nc3cccc(F)c3)nc2)c(C)c1. The molecule has 0 aliphatic carbocycles. The zero-order chi connectivity index (χ0) is 20.8. The molecular weight excluding hydrogens is 369 g/mol. The minimum atomic E-state index is -0.353. The summed E-state index contributed by atoms with van der Waals surface area (Å²) in [5, 5.41) is 5.80. The maximum atomic E-state index is 13.3. The highest BCUT2D eigenvalue weighted by Gasteiger charge is 2.11. The minimum absolute atomic E-state index is 0.284. The first-order chi connectivity index (χ1) is 14.0. The number of carbonyl (C=O) groups excluding carboxylic acids is 1. The topological polar surface area (TPSA) is 70.2 Å². The number of rotatable bonds is 7. The van der Waals surface area contributed by atoms with Crippen LogP contribution in [0.15, 0.2) is 54.9 Å². The second-order valence-electron chi connectivity index (χ2n) is 6.56. The Kier molecular flexibility index (Phi) is 6.39. The number of nitrogens with one attached hydrogen (secondary N) is 2. The molecule has 0 aliphatic rings. The van der Waals surface area contributed by atoms with Gasteiger partial charge in [0.2, 0.25) is 5.95 Å². The van der Waals surface area contributed by atoms with Gasteiger partial charge in [-0.3, -0.25) is 4.79 Å². The van der Waals surface area contributed by atoms with Gasteiger partial charge >= 0.3 is 0 Å². The lowest BCUT2D eigenvalue weighted by Gasteiger charge is -2.22. The molecule has 3 rings (SSSR count). The van der Waals surface area contributed by atoms with E-state index in [0.29, 0.717) is 11.3 Å². The van der Waals surface area contributed by atoms with Gasteiger partial charge in [0.25, 0.3) is 5.91 Å². The van der Waals surface area contributed by atoms with Gasteiger partial charge in [-0.15, -0.1) is 0 Å². The predicted octanol–water partition coefficient (Wildman–Crippen LogP) is 4.77. The molecular formula is C22H24FN5O. The van der Waals surface area contributed by atoms with Crippen molar-refractivity contribution in [3.8, 4) is 0 Å². The number of aryl methyl sites for hydroxylation is 1. The van der Waals surface area contributed by atoms with Gasteiger partial charge in [-0.25, -0.2) is 14.4 Å². The summed E-state index contributed by atoms with van der Waals surface area (Å²) in [6.45, 7) is 8.04. The molecule has 0 fully saturated rings. The Labute approximate surface area is 169 Å². The zero-order valence-electron chi connectivity index (χ0n) is 16.7. The Morgan fingerprint density at radius 2 is 1.79 bits per heavy atom. The lowest BCUT2D eigenvalue weighted by Crippen LogP contribution is -2.22. The normalized spacial score (nSPS) is 10.5. The molecule has 2 aromatic carbocycles. The molecule has 29 heavy (non-hydrogen) atoms. The first-order valence-corrected chi connectivity index (χ1v) is 9.51. The second-order valence-corrected chi connectivity index (χ2v) is 6.56. The van der Waals surface area contributed by atoms with Crippen LogP contribution in [0.1, 0.15) is 29.8 Å². The van der Waals surface area contributed by atoms with Crippen molar-refractivity contribution in [1.29, 1.82) is 0 Å². The predicted molar refractivity (Wildman–Crippen MR) is 114 cm³/mol. The summed E-state index contributed by atoms with van der Waals surface area (Å²) in [6.07, 6.45) is 2.87. The van der Waals surface area contributed by atoms with E-state index in [4.69, 9.17) is 0 Å². The number of aromatic nitrogens is 2. The van der Waals surface area contributed by atoms with Gasteiger partial charge in [0.1, 0.15) is 5.82 Å². The third-order valence-electron chi connectivity index (χ3n) is 4.58. The molecule has 150 valence electrons. The van der Waals surface area contributed by atoms with Crippen molar-refractivity contribution >= 4 is 28.9 Å². The van der Waals surface area contributed by atoms with Crippen LogP contribution in [0.25, 0.3) is 0 Å². The summed E-state index contributed by atoms with van der Waals surface area (Å²) in [6, 6.07) is 12.0. The summed E-state index contributed by atoms with van der Waals surface area (Å²) >= 11 is 0. The molecule has 0 saturated heterocycles. The molecule has 1 amide bonds. The van der Waals surface area contributed by atoms with Gasteiger partial charge in [-0.1, -0.05) is 6.07 Å². The Hall–Kier alpha value is -3.48. The first-order valence-electron chi connectivity index (χ1n) is 9.51. The van der Waals surface area contributed by atoms with Gasteiger partial charge in [0.15, 0.2) is 0 Å². The summed E-state index contributed by atoms with van der Waals surface area (Å²) in [7, 11) is 0. The molecule has 3 aromatic rings. The van der Waals surface area contributed by atoms with Gasteiger partial charge in [-0.2, -0.15) is 0 Å². The van der Waals surface area contributed by atoms with E-state index >= 15 is 0 Å². The van der Waals surface area contributed by atoms with Crippen LogP contribution >= 0.6 is 0 Å². The van der Waals surface area contributed by atoms with Crippen LogP contribution in [-0.2, 0) is 0 Å². The summed E-state index contributed by atoms with van der Waals surface area (Å²) in [5.74, 6) is -0.360. The van der Waals surface area contributed by atoms with Crippen LogP contribution in [0, 0.1) is 12.7 Å². The highest BCUT2D eigenvalue weighted by Crippen LogP contribution is 2.23. The Balaban J connectivity index is 1.68. The Morgan fingerprint density at radius 3 is 2.41 bits per heavy atom. The van der Waals surface area contributed by atoms with Crippen molar-refractivity contribution in [2.24, 2.45) is 0 Å². The van der Waals surface area contributed by atoms with E-state index in [0.717, 1.165) is 30.0 Å². The van der Waals surface area contributed by atoms with Crippen molar-refractivity contribution in [2.45, 2.75) is 20.8 Å². The van der Waals surface area contributed by atoms with Gasteiger partial charge < -0.3 is 15.5 Å². The Bertz CT molecular complexity index is 987. The molecule has 0 saturated carbocycles. The van der Waals surface area contributed by atoms with Gasteiger partial charge in [0, 0.05) is 42.5 Å². The maximum Gasteiger partial charge on any atom is 0.258 e. The molecule has 0 spiro atoms. The number of nitrogens with zero attached hydrogens (tertiary/aromatic N) is 3. The third-order valence-corrected chi connectivity index (χ3v) is 4.58. The van der Waals surface area contributed by atoms with E-state index in [1.807, 2.05) is 19.1 Å². The number of carbonyl (C=O) groups is 1. The van der Waals surface area contributed by atoms with E-state index in [9.17, 15) is 9.18 Å². The van der Waals surface area contributed by atoms with Crippen molar-refractivity contribution in [2.75, 3.05) is 28.6 Å². The highest BCUT2D eigenvalue weighted by molar-refractivity contribution is 6.04. The molecule has 0 unspecified atom stereocenters. The summed E-state index contributed by atoms with van der Waals surface area (Å²) in [5.41, 5.74) is 3.72. The fourth-order valence-corrected chi connectivity index (χ4v) is 2.97. The summed E-state index contributed by atoms with van der Waals surface area (Å²) < 4.78 is 13.3. The fourth-order valence-electron chi connectivity index (χ4n) is 2.97. The average Bonchev–Trinajstić information content (AvgIpc) is 2.71. The number of hydrogen-bond donors (Lipinski definition) is 2.